The Labute approximate surface area is 136 Å². The van der Waals surface area contributed by atoms with Crippen LogP contribution in [0.15, 0.2) is 40.4 Å². The van der Waals surface area contributed by atoms with Gasteiger partial charge in [-0.25, -0.2) is 9.31 Å². The summed E-state index contributed by atoms with van der Waals surface area (Å²) in [4.78, 5) is 0. The fourth-order valence-electron chi connectivity index (χ4n) is 1.94. The zero-order chi connectivity index (χ0) is 17.9. The Morgan fingerprint density at radius 2 is 2.16 bits per heavy atom. The van der Waals surface area contributed by atoms with Crippen molar-refractivity contribution >= 4 is 11.5 Å². The van der Waals surface area contributed by atoms with Crippen molar-refractivity contribution in [2.75, 3.05) is 5.32 Å². The maximum atomic E-state index is 12.8. The Morgan fingerprint density at radius 3 is 2.84 bits per heavy atom. The number of oxime groups is 1. The molecule has 2 N–H and O–H groups in total. The lowest BCUT2D eigenvalue weighted by atomic mass is 10.2. The van der Waals surface area contributed by atoms with Gasteiger partial charge in [0.2, 0.25) is 5.84 Å². The zero-order valence-corrected chi connectivity index (χ0v) is 12.2. The number of rotatable bonds is 4. The molecular formula is C12H9F3N8O2. The van der Waals surface area contributed by atoms with Gasteiger partial charge in [-0.15, -0.1) is 5.10 Å². The van der Waals surface area contributed by atoms with Crippen molar-refractivity contribution in [1.82, 2.24) is 30.5 Å². The van der Waals surface area contributed by atoms with Crippen LogP contribution < -0.4 is 5.32 Å². The first-order valence-electron chi connectivity index (χ1n) is 6.66. The van der Waals surface area contributed by atoms with E-state index in [1.165, 1.54) is 23.1 Å². The molecule has 3 aromatic rings. The average molecular weight is 354 g/mol. The highest BCUT2D eigenvalue weighted by molar-refractivity contribution is 6.07. The molecular weight excluding hydrogens is 345 g/mol. The highest BCUT2D eigenvalue weighted by Gasteiger charge is 2.30. The van der Waals surface area contributed by atoms with Crippen LogP contribution in [0.4, 0.5) is 18.9 Å². The second kappa shape index (κ2) is 6.54. The van der Waals surface area contributed by atoms with Gasteiger partial charge in [0.15, 0.2) is 5.69 Å². The molecule has 25 heavy (non-hydrogen) atoms. The summed E-state index contributed by atoms with van der Waals surface area (Å²) in [5, 5.41) is 32.5. The van der Waals surface area contributed by atoms with E-state index in [2.05, 4.69) is 40.9 Å². The van der Waals surface area contributed by atoms with Crippen molar-refractivity contribution in [3.8, 4) is 0 Å². The van der Waals surface area contributed by atoms with E-state index in [0.29, 0.717) is 0 Å². The molecule has 0 spiro atoms. The number of nitrogens with one attached hydrogen (secondary N) is 1. The summed E-state index contributed by atoms with van der Waals surface area (Å²) in [6.07, 6.45) is -3.19. The van der Waals surface area contributed by atoms with Crippen molar-refractivity contribution in [2.24, 2.45) is 5.16 Å². The summed E-state index contributed by atoms with van der Waals surface area (Å²) in [7, 11) is 0. The minimum atomic E-state index is -4.51. The molecule has 0 amide bonds. The van der Waals surface area contributed by atoms with E-state index in [-0.39, 0.29) is 29.5 Å². The van der Waals surface area contributed by atoms with E-state index < -0.39 is 11.7 Å². The number of tetrazole rings is 1. The minimum Gasteiger partial charge on any atom is -0.409 e. The van der Waals surface area contributed by atoms with Gasteiger partial charge in [-0.05, 0) is 33.8 Å². The first-order chi connectivity index (χ1) is 12.0. The lowest BCUT2D eigenvalue weighted by Crippen LogP contribution is -2.18. The smallest absolute Gasteiger partial charge is 0.409 e. The summed E-state index contributed by atoms with van der Waals surface area (Å²) in [6.45, 7) is 0.0507. The van der Waals surface area contributed by atoms with Crippen LogP contribution in [0, 0.1) is 0 Å². The topological polar surface area (TPSA) is 127 Å². The van der Waals surface area contributed by atoms with Gasteiger partial charge in [-0.3, -0.25) is 0 Å². The molecule has 2 heterocycles. The Hall–Kier alpha value is -3.51. The van der Waals surface area contributed by atoms with Crippen LogP contribution in [0.5, 0.6) is 0 Å². The number of hydrogen-bond donors (Lipinski definition) is 2. The van der Waals surface area contributed by atoms with Crippen molar-refractivity contribution < 1.29 is 23.0 Å². The molecule has 0 bridgehead atoms. The van der Waals surface area contributed by atoms with Gasteiger partial charge in [-0.1, -0.05) is 16.4 Å². The summed E-state index contributed by atoms with van der Waals surface area (Å²) >= 11 is 0. The lowest BCUT2D eigenvalue weighted by Gasteiger charge is -2.10. The van der Waals surface area contributed by atoms with E-state index in [0.717, 1.165) is 12.1 Å². The van der Waals surface area contributed by atoms with E-state index in [9.17, 15) is 18.4 Å². The van der Waals surface area contributed by atoms with Crippen molar-refractivity contribution in [1.29, 1.82) is 0 Å². The van der Waals surface area contributed by atoms with E-state index >= 15 is 0 Å². The van der Waals surface area contributed by atoms with Crippen LogP contribution in [0.1, 0.15) is 17.0 Å². The molecule has 130 valence electrons. The van der Waals surface area contributed by atoms with Gasteiger partial charge in [-0.2, -0.15) is 13.2 Å². The SMILES string of the molecule is O/N=C(/Nc1cccc(C(F)(F)F)c1)c1nonc1Cn1cnnn1. The molecule has 0 aliphatic heterocycles. The molecule has 0 radical (unpaired) electrons. The first kappa shape index (κ1) is 16.4. The Balaban J connectivity index is 1.84. The fourth-order valence-corrected chi connectivity index (χ4v) is 1.94. The molecule has 0 saturated heterocycles. The van der Waals surface area contributed by atoms with Gasteiger partial charge in [0.1, 0.15) is 12.0 Å². The third-order valence-corrected chi connectivity index (χ3v) is 3.04. The molecule has 3 rings (SSSR count). The third kappa shape index (κ3) is 3.70. The summed E-state index contributed by atoms with van der Waals surface area (Å²) in [5.74, 6) is -0.247. The molecule has 2 aromatic heterocycles. The predicted octanol–water partition coefficient (Wildman–Crippen LogP) is 1.37. The Bertz CT molecular complexity index is 875. The molecule has 0 unspecified atom stereocenters. The number of benzene rings is 1. The van der Waals surface area contributed by atoms with Gasteiger partial charge in [0, 0.05) is 5.69 Å². The number of nitrogens with zero attached hydrogens (tertiary/aromatic N) is 7. The van der Waals surface area contributed by atoms with Gasteiger partial charge >= 0.3 is 6.18 Å². The van der Waals surface area contributed by atoms with Crippen LogP contribution in [-0.4, -0.2) is 41.6 Å². The Morgan fingerprint density at radius 1 is 1.32 bits per heavy atom. The largest absolute Gasteiger partial charge is 0.416 e. The molecule has 10 nitrogen and oxygen atoms in total. The number of aromatic nitrogens is 6. The monoisotopic (exact) mass is 354 g/mol. The quantitative estimate of drug-likeness (QED) is 0.311. The van der Waals surface area contributed by atoms with Crippen LogP contribution in [-0.2, 0) is 12.7 Å². The minimum absolute atomic E-state index is 0.00425. The predicted molar refractivity (Wildman–Crippen MR) is 74.6 cm³/mol. The first-order valence-corrected chi connectivity index (χ1v) is 6.66. The molecule has 0 saturated carbocycles. The standard InChI is InChI=1S/C12H9F3N8O2/c13-12(14,15)7-2-1-3-8(4-7)17-11(18-24)10-9(19-25-20-10)5-23-6-16-21-22-23/h1-4,6,24H,5H2,(H,17,18). The zero-order valence-electron chi connectivity index (χ0n) is 12.2. The highest BCUT2D eigenvalue weighted by Crippen LogP contribution is 2.30. The molecule has 0 aliphatic carbocycles. The molecule has 0 fully saturated rings. The number of amidine groups is 1. The number of alkyl halides is 3. The van der Waals surface area contributed by atoms with Gasteiger partial charge < -0.3 is 10.5 Å². The average Bonchev–Trinajstić information content (AvgIpc) is 3.25. The third-order valence-electron chi connectivity index (χ3n) is 3.04. The van der Waals surface area contributed by atoms with Gasteiger partial charge in [0.25, 0.3) is 0 Å². The molecule has 13 heteroatoms. The normalized spacial score (nSPS) is 12.4. The molecule has 0 atom stereocenters. The lowest BCUT2D eigenvalue weighted by molar-refractivity contribution is -0.137. The second-order valence-electron chi connectivity index (χ2n) is 4.72. The van der Waals surface area contributed by atoms with Crippen molar-refractivity contribution in [3.05, 3.63) is 47.5 Å². The van der Waals surface area contributed by atoms with Crippen LogP contribution in [0.3, 0.4) is 0 Å². The summed E-state index contributed by atoms with van der Waals surface area (Å²) in [5.41, 5.74) is -0.615. The maximum Gasteiger partial charge on any atom is 0.416 e. The van der Waals surface area contributed by atoms with E-state index in [1.54, 1.807) is 0 Å². The number of halogens is 3. The molecule has 1 aromatic carbocycles. The number of hydrogen-bond acceptors (Lipinski definition) is 8. The summed E-state index contributed by atoms with van der Waals surface area (Å²) in [6, 6.07) is 4.36. The Kier molecular flexibility index (Phi) is 4.28. The maximum absolute atomic E-state index is 12.8. The summed E-state index contributed by atoms with van der Waals surface area (Å²) < 4.78 is 44.2. The van der Waals surface area contributed by atoms with E-state index in [4.69, 9.17) is 0 Å². The van der Waals surface area contributed by atoms with E-state index in [1.807, 2.05) is 0 Å². The number of anilines is 1. The van der Waals surface area contributed by atoms with Crippen molar-refractivity contribution in [2.45, 2.75) is 12.7 Å². The van der Waals surface area contributed by atoms with Crippen molar-refractivity contribution in [3.63, 3.8) is 0 Å². The van der Waals surface area contributed by atoms with Crippen LogP contribution in [0.2, 0.25) is 0 Å². The van der Waals surface area contributed by atoms with Gasteiger partial charge in [0.05, 0.1) is 12.1 Å². The highest BCUT2D eigenvalue weighted by atomic mass is 19.4. The fraction of sp³-hybridized carbons (Fsp3) is 0.167. The second-order valence-corrected chi connectivity index (χ2v) is 4.72. The van der Waals surface area contributed by atoms with Crippen LogP contribution in [0.25, 0.3) is 0 Å². The molecule has 0 aliphatic rings. The van der Waals surface area contributed by atoms with Crippen LogP contribution >= 0.6 is 0 Å².